The van der Waals surface area contributed by atoms with Crippen LogP contribution in [0.4, 0.5) is 34.1 Å². The minimum Gasteiger partial charge on any atom is -0.310 e. The maximum Gasteiger partial charge on any atom is 0.0544 e. The van der Waals surface area contributed by atoms with Gasteiger partial charge in [-0.3, -0.25) is 0 Å². The Kier molecular flexibility index (Phi) is 8.87. The van der Waals surface area contributed by atoms with Gasteiger partial charge in [-0.25, -0.2) is 0 Å². The Bertz CT molecular complexity index is 3080. The van der Waals surface area contributed by atoms with Gasteiger partial charge in [-0.1, -0.05) is 173 Å². The van der Waals surface area contributed by atoms with E-state index in [1.54, 1.807) is 0 Å². The molecule has 0 fully saturated rings. The van der Waals surface area contributed by atoms with Crippen molar-refractivity contribution in [1.82, 2.24) is 0 Å². The molecule has 0 spiro atoms. The van der Waals surface area contributed by atoms with Gasteiger partial charge in [0.2, 0.25) is 0 Å². The van der Waals surface area contributed by atoms with Crippen LogP contribution in [0.25, 0.3) is 44.5 Å². The SMILES string of the molecule is CC1(C)c2ccccc2-c2cc3c(cc21)-c1c(N(c2ccccc2)c2ccc(-c4ccccc4)cc2)ccc(N(c2ccccc2)c2ccc(-c4ccccc4)cc2)c1C3(C)C. The highest BCUT2D eigenvalue weighted by molar-refractivity contribution is 6.02. The zero-order valence-corrected chi connectivity index (χ0v) is 35.7. The number of rotatable bonds is 8. The summed E-state index contributed by atoms with van der Waals surface area (Å²) in [5, 5.41) is 0. The molecular weight excluding hydrogens is 749 g/mol. The lowest BCUT2D eigenvalue weighted by molar-refractivity contribution is 0.652. The van der Waals surface area contributed by atoms with E-state index >= 15 is 0 Å². The maximum absolute atomic E-state index is 2.55. The van der Waals surface area contributed by atoms with Gasteiger partial charge in [0.1, 0.15) is 0 Å². The van der Waals surface area contributed by atoms with Crippen molar-refractivity contribution in [3.63, 3.8) is 0 Å². The standard InChI is InChI=1S/C60H48N2/c1-59(2)52-28-18-17-27-49(52)50-39-54-51(40-53(50)59)57-55(61(45-23-13-7-14-24-45)47-33-29-43(30-34-47)41-19-9-5-10-20-41)37-38-56(58(57)60(54,3)4)62(46-25-15-8-16-26-46)48-35-31-44(32-36-48)42-21-11-6-12-22-42/h5-40H,1-4H3. The summed E-state index contributed by atoms with van der Waals surface area (Å²) >= 11 is 0. The highest BCUT2D eigenvalue weighted by Gasteiger charge is 2.45. The molecular formula is C60H48N2. The summed E-state index contributed by atoms with van der Waals surface area (Å²) in [6, 6.07) is 80.1. The third kappa shape index (κ3) is 6.01. The van der Waals surface area contributed by atoms with Crippen LogP contribution in [-0.2, 0) is 10.8 Å². The molecule has 0 saturated carbocycles. The molecule has 0 bridgehead atoms. The van der Waals surface area contributed by atoms with Crippen molar-refractivity contribution < 1.29 is 0 Å². The van der Waals surface area contributed by atoms with Crippen LogP contribution in [0.2, 0.25) is 0 Å². The van der Waals surface area contributed by atoms with Gasteiger partial charge in [0.05, 0.1) is 11.4 Å². The van der Waals surface area contributed by atoms with E-state index in [4.69, 9.17) is 0 Å². The zero-order valence-electron chi connectivity index (χ0n) is 35.7. The molecule has 9 aromatic rings. The number of hydrogen-bond acceptors (Lipinski definition) is 2. The van der Waals surface area contributed by atoms with Gasteiger partial charge < -0.3 is 9.80 Å². The monoisotopic (exact) mass is 796 g/mol. The molecule has 0 heterocycles. The van der Waals surface area contributed by atoms with Crippen LogP contribution in [-0.4, -0.2) is 0 Å². The Hall–Kier alpha value is -7.42. The summed E-state index contributed by atoms with van der Waals surface area (Å²) in [4.78, 5) is 4.94. The fourth-order valence-corrected chi connectivity index (χ4v) is 10.3. The van der Waals surface area contributed by atoms with Crippen molar-refractivity contribution in [1.29, 1.82) is 0 Å². The Morgan fingerprint density at radius 1 is 0.290 bits per heavy atom. The van der Waals surface area contributed by atoms with E-state index in [-0.39, 0.29) is 10.8 Å². The Morgan fingerprint density at radius 3 is 1.21 bits per heavy atom. The summed E-state index contributed by atoms with van der Waals surface area (Å²) in [6.45, 7) is 9.66. The topological polar surface area (TPSA) is 6.48 Å². The molecule has 2 aliphatic carbocycles. The highest BCUT2D eigenvalue weighted by Crippen LogP contribution is 2.61. The molecule has 0 radical (unpaired) electrons. The van der Waals surface area contributed by atoms with Gasteiger partial charge in [0.15, 0.2) is 0 Å². The molecule has 11 rings (SSSR count). The van der Waals surface area contributed by atoms with Crippen molar-refractivity contribution in [2.45, 2.75) is 38.5 Å². The summed E-state index contributed by atoms with van der Waals surface area (Å²) in [7, 11) is 0. The number of fused-ring (bicyclic) bond motifs is 6. The Morgan fingerprint density at radius 2 is 0.677 bits per heavy atom. The van der Waals surface area contributed by atoms with Crippen LogP contribution in [0.3, 0.4) is 0 Å². The number of benzene rings is 9. The van der Waals surface area contributed by atoms with Gasteiger partial charge in [-0.05, 0) is 134 Å². The lowest BCUT2D eigenvalue weighted by Gasteiger charge is -2.34. The van der Waals surface area contributed by atoms with Crippen LogP contribution in [0.1, 0.15) is 49.9 Å². The molecule has 0 N–H and O–H groups in total. The third-order valence-corrected chi connectivity index (χ3v) is 13.4. The largest absolute Gasteiger partial charge is 0.310 e. The number of para-hydroxylation sites is 2. The smallest absolute Gasteiger partial charge is 0.0544 e. The first-order valence-electron chi connectivity index (χ1n) is 21.8. The van der Waals surface area contributed by atoms with Crippen LogP contribution < -0.4 is 9.80 Å². The number of nitrogens with zero attached hydrogens (tertiary/aromatic N) is 2. The Labute approximate surface area is 366 Å². The number of anilines is 6. The van der Waals surface area contributed by atoms with Gasteiger partial charge in [0.25, 0.3) is 0 Å². The molecule has 0 atom stereocenters. The van der Waals surface area contributed by atoms with Crippen LogP contribution >= 0.6 is 0 Å². The second kappa shape index (κ2) is 14.6. The first-order chi connectivity index (χ1) is 30.3. The quantitative estimate of drug-likeness (QED) is 0.151. The van der Waals surface area contributed by atoms with Crippen LogP contribution in [0.5, 0.6) is 0 Å². The molecule has 9 aromatic carbocycles. The average molecular weight is 797 g/mol. The zero-order chi connectivity index (χ0) is 42.0. The fraction of sp³-hybridized carbons (Fsp3) is 0.100. The molecule has 2 heteroatoms. The second-order valence-electron chi connectivity index (χ2n) is 17.8. The molecule has 0 aromatic heterocycles. The minimum atomic E-state index is -0.358. The van der Waals surface area contributed by atoms with E-state index < -0.39 is 0 Å². The van der Waals surface area contributed by atoms with Gasteiger partial charge in [-0.2, -0.15) is 0 Å². The molecule has 2 nitrogen and oxygen atoms in total. The maximum atomic E-state index is 2.55. The highest BCUT2D eigenvalue weighted by atomic mass is 15.2. The third-order valence-electron chi connectivity index (χ3n) is 13.4. The summed E-state index contributed by atoms with van der Waals surface area (Å²) < 4.78 is 0. The predicted molar refractivity (Wildman–Crippen MR) is 262 cm³/mol. The van der Waals surface area contributed by atoms with E-state index in [9.17, 15) is 0 Å². The Balaban J connectivity index is 1.18. The van der Waals surface area contributed by atoms with E-state index in [1.165, 1.54) is 72.4 Å². The lowest BCUT2D eigenvalue weighted by atomic mass is 9.78. The van der Waals surface area contributed by atoms with Gasteiger partial charge in [-0.15, -0.1) is 0 Å². The summed E-state index contributed by atoms with van der Waals surface area (Å²) in [5.41, 5.74) is 21.8. The minimum absolute atomic E-state index is 0.144. The lowest BCUT2D eigenvalue weighted by Crippen LogP contribution is -2.21. The first kappa shape index (κ1) is 37.6. The molecule has 62 heavy (non-hydrogen) atoms. The van der Waals surface area contributed by atoms with E-state index in [0.717, 1.165) is 28.4 Å². The molecule has 2 aliphatic rings. The summed E-state index contributed by atoms with van der Waals surface area (Å²) in [5.74, 6) is 0. The fourth-order valence-electron chi connectivity index (χ4n) is 10.3. The molecule has 0 saturated heterocycles. The van der Waals surface area contributed by atoms with Crippen molar-refractivity contribution in [3.8, 4) is 44.5 Å². The molecule has 0 amide bonds. The van der Waals surface area contributed by atoms with Gasteiger partial charge >= 0.3 is 0 Å². The van der Waals surface area contributed by atoms with Crippen molar-refractivity contribution in [3.05, 3.63) is 241 Å². The molecule has 0 aliphatic heterocycles. The van der Waals surface area contributed by atoms with Crippen molar-refractivity contribution in [2.75, 3.05) is 9.80 Å². The normalized spacial score (nSPS) is 13.7. The van der Waals surface area contributed by atoms with Gasteiger partial charge in [0, 0.05) is 39.1 Å². The van der Waals surface area contributed by atoms with Crippen LogP contribution in [0.15, 0.2) is 218 Å². The second-order valence-corrected chi connectivity index (χ2v) is 17.8. The van der Waals surface area contributed by atoms with E-state index in [1.807, 2.05) is 0 Å². The summed E-state index contributed by atoms with van der Waals surface area (Å²) in [6.07, 6.45) is 0. The molecule has 298 valence electrons. The number of hydrogen-bond donors (Lipinski definition) is 0. The average Bonchev–Trinajstić information content (AvgIpc) is 3.70. The predicted octanol–water partition coefficient (Wildman–Crippen LogP) is 16.6. The van der Waals surface area contributed by atoms with Crippen molar-refractivity contribution >= 4 is 34.1 Å². The van der Waals surface area contributed by atoms with Crippen molar-refractivity contribution in [2.24, 2.45) is 0 Å². The molecule has 0 unspecified atom stereocenters. The van der Waals surface area contributed by atoms with Crippen LogP contribution in [0, 0.1) is 0 Å². The van der Waals surface area contributed by atoms with E-state index in [2.05, 4.69) is 256 Å². The first-order valence-corrected chi connectivity index (χ1v) is 21.8. The van der Waals surface area contributed by atoms with E-state index in [0.29, 0.717) is 0 Å².